The average Bonchev–Trinajstić information content (AvgIpc) is 2.99. The molecule has 0 saturated heterocycles. The minimum absolute atomic E-state index is 0.101. The van der Waals surface area contributed by atoms with Crippen LogP contribution in [0.15, 0.2) is 54.7 Å². The van der Waals surface area contributed by atoms with Gasteiger partial charge in [0.05, 0.1) is 6.42 Å². The van der Waals surface area contributed by atoms with Crippen LogP contribution in [0, 0.1) is 0 Å². The molecule has 6 heteroatoms. The number of phenolic OH excluding ortho intramolecular Hbond substituents is 1. The Morgan fingerprint density at radius 3 is 2.52 bits per heavy atom. The van der Waals surface area contributed by atoms with Gasteiger partial charge in [-0.15, -0.1) is 0 Å². The van der Waals surface area contributed by atoms with Crippen LogP contribution in [0.2, 0.25) is 0 Å². The van der Waals surface area contributed by atoms with Gasteiger partial charge in [0, 0.05) is 23.5 Å². The van der Waals surface area contributed by atoms with Gasteiger partial charge in [-0.05, 0) is 29.3 Å². The summed E-state index contributed by atoms with van der Waals surface area (Å²) in [5.41, 5.74) is 2.48. The molecule has 6 nitrogen and oxygen atoms in total. The van der Waals surface area contributed by atoms with Crippen molar-refractivity contribution in [3.63, 3.8) is 0 Å². The number of para-hydroxylation sites is 1. The number of hydrogen-bond donors (Lipinski definition) is 4. The minimum atomic E-state index is -1.10. The number of carboxylic acid groups (broad SMARTS) is 1. The highest BCUT2D eigenvalue weighted by Crippen LogP contribution is 2.18. The highest BCUT2D eigenvalue weighted by atomic mass is 16.4. The van der Waals surface area contributed by atoms with E-state index in [0.29, 0.717) is 0 Å². The van der Waals surface area contributed by atoms with Gasteiger partial charge in [-0.1, -0.05) is 30.3 Å². The van der Waals surface area contributed by atoms with Gasteiger partial charge in [0.1, 0.15) is 11.8 Å². The molecule has 1 amide bonds. The number of carbonyl (C=O) groups is 2. The molecule has 1 atom stereocenters. The van der Waals surface area contributed by atoms with Crippen LogP contribution < -0.4 is 5.32 Å². The van der Waals surface area contributed by atoms with Crippen LogP contribution in [-0.4, -0.2) is 33.1 Å². The number of aromatic amines is 1. The van der Waals surface area contributed by atoms with Gasteiger partial charge in [0.25, 0.3) is 0 Å². The molecule has 128 valence electrons. The van der Waals surface area contributed by atoms with Crippen LogP contribution in [-0.2, 0) is 22.4 Å². The van der Waals surface area contributed by atoms with Gasteiger partial charge in [-0.3, -0.25) is 4.79 Å². The Balaban J connectivity index is 1.68. The van der Waals surface area contributed by atoms with E-state index in [1.54, 1.807) is 18.3 Å². The molecule has 0 fully saturated rings. The molecule has 25 heavy (non-hydrogen) atoms. The number of amides is 1. The van der Waals surface area contributed by atoms with Crippen molar-refractivity contribution in [1.29, 1.82) is 0 Å². The summed E-state index contributed by atoms with van der Waals surface area (Å²) in [7, 11) is 0. The maximum atomic E-state index is 12.3. The van der Waals surface area contributed by atoms with Gasteiger partial charge in [-0.2, -0.15) is 0 Å². The lowest BCUT2D eigenvalue weighted by Gasteiger charge is -2.14. The van der Waals surface area contributed by atoms with Crippen molar-refractivity contribution >= 4 is 22.8 Å². The molecule has 0 aliphatic rings. The zero-order chi connectivity index (χ0) is 17.8. The molecular weight excluding hydrogens is 320 g/mol. The van der Waals surface area contributed by atoms with Gasteiger partial charge in [0.2, 0.25) is 5.91 Å². The number of benzene rings is 2. The van der Waals surface area contributed by atoms with Crippen molar-refractivity contribution in [3.8, 4) is 5.75 Å². The number of aliphatic carboxylic acids is 1. The molecule has 0 saturated carbocycles. The lowest BCUT2D eigenvalue weighted by Crippen LogP contribution is -2.43. The summed E-state index contributed by atoms with van der Waals surface area (Å²) in [4.78, 5) is 26.8. The van der Waals surface area contributed by atoms with Crippen LogP contribution in [0.5, 0.6) is 5.75 Å². The number of aromatic nitrogens is 1. The number of fused-ring (bicyclic) bond motifs is 1. The van der Waals surface area contributed by atoms with E-state index in [-0.39, 0.29) is 24.5 Å². The van der Waals surface area contributed by atoms with Crippen molar-refractivity contribution in [2.24, 2.45) is 0 Å². The number of H-pyrrole nitrogens is 1. The molecule has 1 heterocycles. The largest absolute Gasteiger partial charge is 0.508 e. The minimum Gasteiger partial charge on any atom is -0.508 e. The number of nitrogens with one attached hydrogen (secondary N) is 2. The standard InChI is InChI=1S/C19H18N2O4/c22-14-7-5-12(6-8-14)9-17(19(24)25)21-18(23)10-13-11-20-16-4-2-1-3-15(13)16/h1-8,11,17,20,22H,9-10H2,(H,21,23)(H,24,25). The SMILES string of the molecule is O=C(Cc1c[nH]c2ccccc12)NC(Cc1ccc(O)cc1)C(=O)O. The third-order valence-corrected chi connectivity index (χ3v) is 4.04. The van der Waals surface area contributed by atoms with E-state index < -0.39 is 12.0 Å². The monoisotopic (exact) mass is 338 g/mol. The Morgan fingerprint density at radius 2 is 1.80 bits per heavy atom. The number of phenols is 1. The molecule has 1 unspecified atom stereocenters. The van der Waals surface area contributed by atoms with E-state index in [2.05, 4.69) is 10.3 Å². The Kier molecular flexibility index (Phi) is 4.70. The second-order valence-corrected chi connectivity index (χ2v) is 5.87. The Hall–Kier alpha value is -3.28. The van der Waals surface area contributed by atoms with Crippen LogP contribution in [0.4, 0.5) is 0 Å². The predicted molar refractivity (Wildman–Crippen MR) is 93.4 cm³/mol. The van der Waals surface area contributed by atoms with Crippen LogP contribution >= 0.6 is 0 Å². The fourth-order valence-corrected chi connectivity index (χ4v) is 2.76. The molecule has 4 N–H and O–H groups in total. The molecule has 2 aromatic carbocycles. The molecule has 0 spiro atoms. The maximum Gasteiger partial charge on any atom is 0.326 e. The van der Waals surface area contributed by atoms with Crippen LogP contribution in [0.25, 0.3) is 10.9 Å². The van der Waals surface area contributed by atoms with E-state index in [4.69, 9.17) is 0 Å². The third-order valence-electron chi connectivity index (χ3n) is 4.04. The summed E-state index contributed by atoms with van der Waals surface area (Å²) in [5, 5.41) is 22.2. The summed E-state index contributed by atoms with van der Waals surface area (Å²) >= 11 is 0. The number of hydrogen-bond acceptors (Lipinski definition) is 3. The highest BCUT2D eigenvalue weighted by Gasteiger charge is 2.21. The van der Waals surface area contributed by atoms with Crippen LogP contribution in [0.1, 0.15) is 11.1 Å². The third kappa shape index (κ3) is 3.98. The summed E-state index contributed by atoms with van der Waals surface area (Å²) < 4.78 is 0. The Labute approximate surface area is 144 Å². The zero-order valence-corrected chi connectivity index (χ0v) is 13.4. The van der Waals surface area contributed by atoms with E-state index in [0.717, 1.165) is 22.0 Å². The summed E-state index contributed by atoms with van der Waals surface area (Å²) in [6.07, 6.45) is 2.01. The first-order chi connectivity index (χ1) is 12.0. The first-order valence-electron chi connectivity index (χ1n) is 7.88. The Bertz CT molecular complexity index is 899. The van der Waals surface area contributed by atoms with Gasteiger partial charge in [0.15, 0.2) is 0 Å². The van der Waals surface area contributed by atoms with Crippen LogP contribution in [0.3, 0.4) is 0 Å². The highest BCUT2D eigenvalue weighted by molar-refractivity contribution is 5.90. The predicted octanol–water partition coefficient (Wildman–Crippen LogP) is 2.23. The quantitative estimate of drug-likeness (QED) is 0.553. The molecular formula is C19H18N2O4. The summed E-state index contributed by atoms with van der Waals surface area (Å²) in [6.45, 7) is 0. The van der Waals surface area contributed by atoms with Crippen molar-refractivity contribution < 1.29 is 19.8 Å². The molecule has 0 radical (unpaired) electrons. The molecule has 3 rings (SSSR count). The van der Waals surface area contributed by atoms with Gasteiger partial charge >= 0.3 is 5.97 Å². The van der Waals surface area contributed by atoms with E-state index in [1.807, 2.05) is 24.3 Å². The second-order valence-electron chi connectivity index (χ2n) is 5.87. The topological polar surface area (TPSA) is 102 Å². The molecule has 1 aromatic heterocycles. The maximum absolute atomic E-state index is 12.3. The van der Waals surface area contributed by atoms with Gasteiger partial charge in [-0.25, -0.2) is 4.79 Å². The van der Waals surface area contributed by atoms with Crippen molar-refractivity contribution in [2.45, 2.75) is 18.9 Å². The average molecular weight is 338 g/mol. The number of carbonyl (C=O) groups excluding carboxylic acids is 1. The second kappa shape index (κ2) is 7.09. The molecule has 0 bridgehead atoms. The summed E-state index contributed by atoms with van der Waals surface area (Å²) in [6, 6.07) is 12.9. The number of aromatic hydroxyl groups is 1. The fraction of sp³-hybridized carbons (Fsp3) is 0.158. The van der Waals surface area contributed by atoms with E-state index >= 15 is 0 Å². The van der Waals surface area contributed by atoms with Crippen molar-refractivity contribution in [2.75, 3.05) is 0 Å². The number of carboxylic acids is 1. The van der Waals surface area contributed by atoms with E-state index in [1.165, 1.54) is 12.1 Å². The smallest absolute Gasteiger partial charge is 0.326 e. The normalized spacial score (nSPS) is 12.0. The summed E-state index contributed by atoms with van der Waals surface area (Å²) in [5.74, 6) is -1.34. The lowest BCUT2D eigenvalue weighted by atomic mass is 10.0. The van der Waals surface area contributed by atoms with Crippen molar-refractivity contribution in [3.05, 3.63) is 65.9 Å². The molecule has 0 aliphatic heterocycles. The van der Waals surface area contributed by atoms with E-state index in [9.17, 15) is 19.8 Å². The molecule has 0 aliphatic carbocycles. The zero-order valence-electron chi connectivity index (χ0n) is 13.4. The first-order valence-corrected chi connectivity index (χ1v) is 7.88. The molecule has 3 aromatic rings. The van der Waals surface area contributed by atoms with Crippen molar-refractivity contribution in [1.82, 2.24) is 10.3 Å². The Morgan fingerprint density at radius 1 is 1.08 bits per heavy atom. The fourth-order valence-electron chi connectivity index (χ4n) is 2.76. The lowest BCUT2D eigenvalue weighted by molar-refractivity contribution is -0.141. The van der Waals surface area contributed by atoms with Gasteiger partial charge < -0.3 is 20.5 Å². The number of rotatable bonds is 6. The first kappa shape index (κ1) is 16.6.